The molecule has 0 aliphatic heterocycles. The van der Waals surface area contributed by atoms with Gasteiger partial charge in [-0.1, -0.05) is 23.8 Å². The number of ether oxygens (including phenoxy) is 1. The lowest BCUT2D eigenvalue weighted by Crippen LogP contribution is -2.65. The molecule has 0 amide bonds. The third-order valence-corrected chi connectivity index (χ3v) is 9.97. The van der Waals surface area contributed by atoms with Crippen molar-refractivity contribution in [1.82, 2.24) is 5.32 Å². The van der Waals surface area contributed by atoms with Crippen LogP contribution in [0.5, 0.6) is 5.75 Å². The van der Waals surface area contributed by atoms with Gasteiger partial charge in [0.1, 0.15) is 10.7 Å². The number of nitrogens with one attached hydrogen (secondary N) is 1. The van der Waals surface area contributed by atoms with Crippen LogP contribution in [0, 0.1) is 17.8 Å². The summed E-state index contributed by atoms with van der Waals surface area (Å²) >= 11 is 11.7. The molecule has 4 fully saturated rings. The quantitative estimate of drug-likeness (QED) is 0.686. The Bertz CT molecular complexity index is 865. The van der Waals surface area contributed by atoms with Crippen LogP contribution in [0.4, 0.5) is 0 Å². The molecule has 28 heavy (non-hydrogen) atoms. The van der Waals surface area contributed by atoms with Gasteiger partial charge in [-0.15, -0.1) is 0 Å². The molecule has 0 spiro atoms. The van der Waals surface area contributed by atoms with E-state index in [1.165, 1.54) is 6.26 Å². The molecule has 1 aromatic rings. The summed E-state index contributed by atoms with van der Waals surface area (Å²) in [5, 5.41) is 4.25. The van der Waals surface area contributed by atoms with Gasteiger partial charge < -0.3 is 10.1 Å². The molecule has 4 bridgehead atoms. The fraction of sp³-hybridized carbons (Fsp3) is 0.667. The zero-order valence-electron chi connectivity index (χ0n) is 16.6. The van der Waals surface area contributed by atoms with Gasteiger partial charge in [0.25, 0.3) is 0 Å². The normalized spacial score (nSPS) is 34.3. The number of halogens is 1. The van der Waals surface area contributed by atoms with Crippen LogP contribution in [-0.4, -0.2) is 36.1 Å². The first-order chi connectivity index (χ1) is 13.0. The first kappa shape index (κ1) is 20.4. The third kappa shape index (κ3) is 3.56. The Balaban J connectivity index is 1.47. The van der Waals surface area contributed by atoms with Crippen molar-refractivity contribution in [2.75, 3.05) is 6.26 Å². The third-order valence-electron chi connectivity index (χ3n) is 7.03. The second-order valence-corrected chi connectivity index (χ2v) is 12.7. The molecular weight excluding hydrogens is 414 g/mol. The summed E-state index contributed by atoms with van der Waals surface area (Å²) in [6, 6.07) is 7.52. The van der Waals surface area contributed by atoms with Crippen molar-refractivity contribution in [3.8, 4) is 5.75 Å². The molecule has 4 nitrogen and oxygen atoms in total. The van der Waals surface area contributed by atoms with Gasteiger partial charge in [0, 0.05) is 17.3 Å². The summed E-state index contributed by atoms with van der Waals surface area (Å²) in [6.45, 7) is 3.93. The van der Waals surface area contributed by atoms with Crippen LogP contribution >= 0.6 is 23.8 Å². The first-order valence-corrected chi connectivity index (χ1v) is 12.6. The number of sulfone groups is 1. The highest BCUT2D eigenvalue weighted by molar-refractivity contribution is 7.92. The average Bonchev–Trinajstić information content (AvgIpc) is 2.58. The van der Waals surface area contributed by atoms with Crippen molar-refractivity contribution >= 4 is 38.6 Å². The van der Waals surface area contributed by atoms with Crippen molar-refractivity contribution in [2.45, 2.75) is 62.3 Å². The van der Waals surface area contributed by atoms with Crippen molar-refractivity contribution in [3.63, 3.8) is 0 Å². The van der Waals surface area contributed by atoms with Gasteiger partial charge in [-0.25, -0.2) is 8.42 Å². The lowest BCUT2D eigenvalue weighted by Gasteiger charge is -2.59. The molecule has 4 aliphatic carbocycles. The summed E-state index contributed by atoms with van der Waals surface area (Å²) in [5.74, 6) is 1.99. The van der Waals surface area contributed by atoms with E-state index in [-0.39, 0.29) is 6.04 Å². The Kier molecular flexibility index (Phi) is 4.99. The minimum atomic E-state index is -3.04. The van der Waals surface area contributed by atoms with Gasteiger partial charge in [-0.3, -0.25) is 0 Å². The van der Waals surface area contributed by atoms with E-state index in [1.54, 1.807) is 12.1 Å². The number of hydrogen-bond acceptors (Lipinski definition) is 4. The molecule has 0 heterocycles. The van der Waals surface area contributed by atoms with Gasteiger partial charge in [-0.2, -0.15) is 0 Å². The fourth-order valence-corrected chi connectivity index (χ4v) is 7.68. The zero-order valence-corrected chi connectivity index (χ0v) is 19.0. The molecule has 0 saturated heterocycles. The largest absolute Gasteiger partial charge is 0.481 e. The average molecular weight is 442 g/mol. The Morgan fingerprint density at radius 3 is 2.29 bits per heavy atom. The lowest BCUT2D eigenvalue weighted by atomic mass is 9.53. The standard InChI is InChI=1S/C21H28ClNO3S2/c1-20(2,26-17-6-4-16(22)5-7-17)19(27)23-18-14-8-13-9-15(18)12-21(10-13,11-14)28(3,24)25/h4-7,13-15,18H,8-12H2,1-3H3,(H,23,27). The number of benzene rings is 1. The van der Waals surface area contributed by atoms with E-state index in [1.807, 2.05) is 26.0 Å². The minimum Gasteiger partial charge on any atom is -0.481 e. The summed E-state index contributed by atoms with van der Waals surface area (Å²) in [5.41, 5.74) is -0.660. The van der Waals surface area contributed by atoms with Gasteiger partial charge in [-0.05, 0) is 88.0 Å². The maximum Gasteiger partial charge on any atom is 0.153 e. The molecule has 4 aliphatic rings. The molecule has 4 saturated carbocycles. The van der Waals surface area contributed by atoms with Crippen LogP contribution < -0.4 is 10.1 Å². The van der Waals surface area contributed by atoms with Gasteiger partial charge in [0.2, 0.25) is 0 Å². The second-order valence-electron chi connectivity index (χ2n) is 9.49. The summed E-state index contributed by atoms with van der Waals surface area (Å²) in [7, 11) is -3.04. The zero-order chi connectivity index (χ0) is 20.3. The smallest absolute Gasteiger partial charge is 0.153 e. The van der Waals surface area contributed by atoms with E-state index in [9.17, 15) is 8.42 Å². The van der Waals surface area contributed by atoms with E-state index >= 15 is 0 Å². The summed E-state index contributed by atoms with van der Waals surface area (Å²) in [6.07, 6.45) is 6.01. The van der Waals surface area contributed by atoms with E-state index < -0.39 is 20.2 Å². The molecule has 0 aromatic heterocycles. The van der Waals surface area contributed by atoms with Gasteiger partial charge in [0.15, 0.2) is 15.4 Å². The number of thiocarbonyl (C=S) groups is 1. The topological polar surface area (TPSA) is 55.4 Å². The molecule has 5 rings (SSSR count). The Hall–Kier alpha value is -0.850. The highest BCUT2D eigenvalue weighted by atomic mass is 35.5. The van der Waals surface area contributed by atoms with Crippen LogP contribution in [-0.2, 0) is 9.84 Å². The van der Waals surface area contributed by atoms with E-state index in [0.717, 1.165) is 37.9 Å². The minimum absolute atomic E-state index is 0.243. The van der Waals surface area contributed by atoms with Crippen LogP contribution in [0.15, 0.2) is 24.3 Å². The highest BCUT2D eigenvalue weighted by Crippen LogP contribution is 2.58. The number of rotatable bonds is 5. The van der Waals surface area contributed by atoms with Gasteiger partial charge in [0.05, 0.1) is 4.75 Å². The first-order valence-electron chi connectivity index (χ1n) is 9.94. The highest BCUT2D eigenvalue weighted by Gasteiger charge is 2.59. The van der Waals surface area contributed by atoms with Crippen LogP contribution in [0.2, 0.25) is 5.02 Å². The molecule has 154 valence electrons. The van der Waals surface area contributed by atoms with Gasteiger partial charge >= 0.3 is 0 Å². The number of hydrogen-bond donors (Lipinski definition) is 1. The Labute approximate surface area is 178 Å². The van der Waals surface area contributed by atoms with Crippen molar-refractivity contribution in [2.24, 2.45) is 17.8 Å². The van der Waals surface area contributed by atoms with Crippen LogP contribution in [0.3, 0.4) is 0 Å². The van der Waals surface area contributed by atoms with Crippen molar-refractivity contribution < 1.29 is 13.2 Å². The lowest BCUT2D eigenvalue weighted by molar-refractivity contribution is 0.00499. The van der Waals surface area contributed by atoms with E-state index in [2.05, 4.69) is 5.32 Å². The van der Waals surface area contributed by atoms with Crippen LogP contribution in [0.25, 0.3) is 0 Å². The Morgan fingerprint density at radius 2 is 1.75 bits per heavy atom. The predicted molar refractivity (Wildman–Crippen MR) is 117 cm³/mol. The van der Waals surface area contributed by atoms with E-state index in [0.29, 0.717) is 27.8 Å². The summed E-state index contributed by atoms with van der Waals surface area (Å²) in [4.78, 5) is 0.674. The molecule has 2 atom stereocenters. The SMILES string of the molecule is CC(C)(Oc1ccc(Cl)cc1)C(=S)NC1C2CC3CC1CC(S(C)(=O)=O)(C3)C2. The fourth-order valence-electron chi connectivity index (χ4n) is 5.81. The molecule has 0 radical (unpaired) electrons. The maximum atomic E-state index is 12.5. The van der Waals surface area contributed by atoms with Crippen molar-refractivity contribution in [1.29, 1.82) is 0 Å². The molecular formula is C21H28ClNO3S2. The van der Waals surface area contributed by atoms with Crippen molar-refractivity contribution in [3.05, 3.63) is 29.3 Å². The molecule has 7 heteroatoms. The maximum absolute atomic E-state index is 12.5. The Morgan fingerprint density at radius 1 is 1.18 bits per heavy atom. The molecule has 1 N–H and O–H groups in total. The molecule has 1 aromatic carbocycles. The monoisotopic (exact) mass is 441 g/mol. The molecule has 2 unspecified atom stereocenters. The summed E-state index contributed by atoms with van der Waals surface area (Å²) < 4.78 is 30.7. The predicted octanol–water partition coefficient (Wildman–Crippen LogP) is 4.41. The van der Waals surface area contributed by atoms with Crippen LogP contribution in [0.1, 0.15) is 46.0 Å². The second kappa shape index (κ2) is 6.85. The van der Waals surface area contributed by atoms with E-state index in [4.69, 9.17) is 28.6 Å².